The Morgan fingerprint density at radius 3 is 2.60 bits per heavy atom. The number of piperazine rings is 1. The average molecular weight is 278 g/mol. The molecule has 0 spiro atoms. The Bertz CT molecular complexity index is 479. The first-order valence-corrected chi connectivity index (χ1v) is 7.36. The van der Waals surface area contributed by atoms with Gasteiger partial charge in [0, 0.05) is 45.5 Å². The number of aromatic nitrogens is 2. The van der Waals surface area contributed by atoms with E-state index in [2.05, 4.69) is 10.00 Å². The predicted octanol–water partition coefficient (Wildman–Crippen LogP) is 0.0913. The highest BCUT2D eigenvalue weighted by Gasteiger charge is 2.33. The molecular formula is C14H22N4O2. The van der Waals surface area contributed by atoms with Crippen LogP contribution in [-0.2, 0) is 7.05 Å². The van der Waals surface area contributed by atoms with Crippen molar-refractivity contribution in [3.05, 3.63) is 18.0 Å². The summed E-state index contributed by atoms with van der Waals surface area (Å²) < 4.78 is 1.62. The monoisotopic (exact) mass is 278 g/mol. The lowest BCUT2D eigenvalue weighted by Gasteiger charge is -2.39. The van der Waals surface area contributed by atoms with Gasteiger partial charge in [0.1, 0.15) is 5.69 Å². The maximum absolute atomic E-state index is 12.4. The van der Waals surface area contributed by atoms with Gasteiger partial charge in [0.05, 0.1) is 6.10 Å². The van der Waals surface area contributed by atoms with Crippen molar-refractivity contribution >= 4 is 5.91 Å². The minimum Gasteiger partial charge on any atom is -0.391 e. The van der Waals surface area contributed by atoms with Crippen molar-refractivity contribution in [1.29, 1.82) is 0 Å². The molecule has 110 valence electrons. The SMILES string of the molecule is Cn1nccc1C(=O)N1CCN([C@H]2CCC[C@H]2O)CC1. The molecule has 1 amide bonds. The zero-order valence-electron chi connectivity index (χ0n) is 11.9. The molecule has 20 heavy (non-hydrogen) atoms. The lowest BCUT2D eigenvalue weighted by Crippen LogP contribution is -2.53. The molecule has 0 unspecified atom stereocenters. The van der Waals surface area contributed by atoms with Crippen LogP contribution in [0.3, 0.4) is 0 Å². The molecule has 3 rings (SSSR count). The molecule has 1 aromatic rings. The van der Waals surface area contributed by atoms with Gasteiger partial charge in [-0.05, 0) is 25.3 Å². The largest absolute Gasteiger partial charge is 0.391 e. The number of amides is 1. The van der Waals surface area contributed by atoms with Crippen LogP contribution in [0.25, 0.3) is 0 Å². The molecule has 1 aromatic heterocycles. The molecule has 2 aliphatic rings. The Hall–Kier alpha value is -1.40. The molecule has 1 saturated carbocycles. The summed E-state index contributed by atoms with van der Waals surface area (Å²) in [5.74, 6) is 0.0524. The summed E-state index contributed by atoms with van der Waals surface area (Å²) in [6.45, 7) is 3.16. The van der Waals surface area contributed by atoms with E-state index < -0.39 is 0 Å². The number of hydrogen-bond acceptors (Lipinski definition) is 4. The Kier molecular flexibility index (Phi) is 3.76. The van der Waals surface area contributed by atoms with Gasteiger partial charge in [-0.1, -0.05) is 0 Å². The number of rotatable bonds is 2. The van der Waals surface area contributed by atoms with Gasteiger partial charge in [-0.3, -0.25) is 14.4 Å². The lowest BCUT2D eigenvalue weighted by atomic mass is 10.1. The van der Waals surface area contributed by atoms with Crippen molar-refractivity contribution in [2.24, 2.45) is 7.05 Å². The lowest BCUT2D eigenvalue weighted by molar-refractivity contribution is 0.0311. The van der Waals surface area contributed by atoms with Crippen molar-refractivity contribution in [3.63, 3.8) is 0 Å². The molecule has 0 radical (unpaired) electrons. The maximum Gasteiger partial charge on any atom is 0.272 e. The number of aryl methyl sites for hydroxylation is 1. The van der Waals surface area contributed by atoms with E-state index in [4.69, 9.17) is 0 Å². The molecular weight excluding hydrogens is 256 g/mol. The molecule has 2 atom stereocenters. The fourth-order valence-corrected chi connectivity index (χ4v) is 3.35. The molecule has 0 bridgehead atoms. The number of nitrogens with zero attached hydrogens (tertiary/aromatic N) is 4. The van der Waals surface area contributed by atoms with Crippen LogP contribution < -0.4 is 0 Å². The quantitative estimate of drug-likeness (QED) is 0.833. The van der Waals surface area contributed by atoms with Crippen molar-refractivity contribution in [3.8, 4) is 0 Å². The summed E-state index contributed by atoms with van der Waals surface area (Å²) in [6.07, 6.45) is 4.57. The van der Waals surface area contributed by atoms with Gasteiger partial charge in [-0.2, -0.15) is 5.10 Å². The van der Waals surface area contributed by atoms with Crippen molar-refractivity contribution in [2.75, 3.05) is 26.2 Å². The average Bonchev–Trinajstić information content (AvgIpc) is 3.07. The van der Waals surface area contributed by atoms with E-state index in [1.165, 1.54) is 0 Å². The van der Waals surface area contributed by atoms with E-state index in [-0.39, 0.29) is 12.0 Å². The van der Waals surface area contributed by atoms with Crippen molar-refractivity contribution in [1.82, 2.24) is 19.6 Å². The van der Waals surface area contributed by atoms with Crippen LogP contribution in [0.1, 0.15) is 29.8 Å². The van der Waals surface area contributed by atoms with E-state index >= 15 is 0 Å². The van der Waals surface area contributed by atoms with E-state index in [0.29, 0.717) is 11.7 Å². The third-order valence-electron chi connectivity index (χ3n) is 4.55. The number of carbonyl (C=O) groups is 1. The summed E-state index contributed by atoms with van der Waals surface area (Å²) in [7, 11) is 1.79. The second-order valence-electron chi connectivity index (χ2n) is 5.73. The number of aliphatic hydroxyl groups excluding tert-OH is 1. The van der Waals surface area contributed by atoms with Crippen LogP contribution in [0, 0.1) is 0 Å². The van der Waals surface area contributed by atoms with Gasteiger partial charge in [0.15, 0.2) is 0 Å². The van der Waals surface area contributed by atoms with E-state index in [9.17, 15) is 9.90 Å². The number of carbonyl (C=O) groups excluding carboxylic acids is 1. The molecule has 2 fully saturated rings. The summed E-state index contributed by atoms with van der Waals surface area (Å²) >= 11 is 0. The Labute approximate surface area is 119 Å². The Morgan fingerprint density at radius 1 is 1.30 bits per heavy atom. The molecule has 2 heterocycles. The zero-order chi connectivity index (χ0) is 14.1. The summed E-state index contributed by atoms with van der Waals surface area (Å²) in [5, 5.41) is 14.0. The number of hydrogen-bond donors (Lipinski definition) is 1. The van der Waals surface area contributed by atoms with Gasteiger partial charge >= 0.3 is 0 Å². The van der Waals surface area contributed by atoms with Gasteiger partial charge in [-0.25, -0.2) is 0 Å². The third kappa shape index (κ3) is 2.45. The van der Waals surface area contributed by atoms with Gasteiger partial charge in [-0.15, -0.1) is 0 Å². The fraction of sp³-hybridized carbons (Fsp3) is 0.714. The molecule has 6 heteroatoms. The second-order valence-corrected chi connectivity index (χ2v) is 5.73. The van der Waals surface area contributed by atoms with Crippen LogP contribution in [0.15, 0.2) is 12.3 Å². The molecule has 0 aromatic carbocycles. The first-order chi connectivity index (χ1) is 9.66. The first kappa shape index (κ1) is 13.6. The topological polar surface area (TPSA) is 61.6 Å². The Balaban J connectivity index is 1.58. The minimum atomic E-state index is -0.186. The first-order valence-electron chi connectivity index (χ1n) is 7.36. The summed E-state index contributed by atoms with van der Waals surface area (Å²) in [6, 6.07) is 2.05. The molecule has 1 aliphatic heterocycles. The molecule has 1 saturated heterocycles. The zero-order valence-corrected chi connectivity index (χ0v) is 11.9. The minimum absolute atomic E-state index is 0.0524. The normalized spacial score (nSPS) is 28.0. The van der Waals surface area contributed by atoms with E-state index in [1.807, 2.05) is 4.90 Å². The van der Waals surface area contributed by atoms with Gasteiger partial charge < -0.3 is 10.0 Å². The highest BCUT2D eigenvalue weighted by molar-refractivity contribution is 5.92. The summed E-state index contributed by atoms with van der Waals surface area (Å²) in [4.78, 5) is 16.6. The highest BCUT2D eigenvalue weighted by Crippen LogP contribution is 2.25. The highest BCUT2D eigenvalue weighted by atomic mass is 16.3. The van der Waals surface area contributed by atoms with E-state index in [1.54, 1.807) is 24.0 Å². The standard InChI is InChI=1S/C14H22N4O2/c1-16-12(5-6-15-16)14(20)18-9-7-17(8-10-18)11-3-2-4-13(11)19/h5-6,11,13,19H,2-4,7-10H2,1H3/t11-,13+/m0/s1. The molecule has 1 aliphatic carbocycles. The third-order valence-corrected chi connectivity index (χ3v) is 4.55. The van der Waals surface area contributed by atoms with Crippen LogP contribution >= 0.6 is 0 Å². The Morgan fingerprint density at radius 2 is 2.05 bits per heavy atom. The second kappa shape index (κ2) is 5.54. The predicted molar refractivity (Wildman–Crippen MR) is 74.3 cm³/mol. The van der Waals surface area contributed by atoms with Gasteiger partial charge in [0.2, 0.25) is 0 Å². The number of aliphatic hydroxyl groups is 1. The van der Waals surface area contributed by atoms with Crippen LogP contribution in [0.4, 0.5) is 0 Å². The van der Waals surface area contributed by atoms with Crippen molar-refractivity contribution in [2.45, 2.75) is 31.4 Å². The van der Waals surface area contributed by atoms with Gasteiger partial charge in [0.25, 0.3) is 5.91 Å². The molecule has 6 nitrogen and oxygen atoms in total. The van der Waals surface area contributed by atoms with Crippen LogP contribution in [-0.4, -0.2) is 68.9 Å². The van der Waals surface area contributed by atoms with Crippen LogP contribution in [0.2, 0.25) is 0 Å². The van der Waals surface area contributed by atoms with Crippen molar-refractivity contribution < 1.29 is 9.90 Å². The van der Waals surface area contributed by atoms with E-state index in [0.717, 1.165) is 45.4 Å². The maximum atomic E-state index is 12.4. The molecule has 1 N–H and O–H groups in total. The smallest absolute Gasteiger partial charge is 0.272 e. The fourth-order valence-electron chi connectivity index (χ4n) is 3.35. The van der Waals surface area contributed by atoms with Crippen LogP contribution in [0.5, 0.6) is 0 Å². The summed E-state index contributed by atoms with van der Waals surface area (Å²) in [5.41, 5.74) is 0.638.